The van der Waals surface area contributed by atoms with Crippen LogP contribution in [0.1, 0.15) is 24.2 Å². The second kappa shape index (κ2) is 3.68. The third-order valence-corrected chi connectivity index (χ3v) is 2.40. The summed E-state index contributed by atoms with van der Waals surface area (Å²) in [6.45, 7) is 3.93. The van der Waals surface area contributed by atoms with Crippen molar-refractivity contribution in [2.24, 2.45) is 0 Å². The Bertz CT molecular complexity index is 448. The fourth-order valence-electron chi connectivity index (χ4n) is 1.42. The summed E-state index contributed by atoms with van der Waals surface area (Å²) < 4.78 is 1.75. The Morgan fingerprint density at radius 3 is 2.67 bits per heavy atom. The smallest absolute Gasteiger partial charge is 0.125 e. The molecule has 0 saturated carbocycles. The van der Waals surface area contributed by atoms with Crippen molar-refractivity contribution in [2.45, 2.75) is 19.9 Å². The highest BCUT2D eigenvalue weighted by molar-refractivity contribution is 5.38. The van der Waals surface area contributed by atoms with E-state index >= 15 is 0 Å². The van der Waals surface area contributed by atoms with E-state index in [2.05, 4.69) is 15.1 Å². The number of rotatable bonds is 2. The molecule has 0 saturated heterocycles. The summed E-state index contributed by atoms with van der Waals surface area (Å²) in [5, 5.41) is 4.22. The van der Waals surface area contributed by atoms with Crippen LogP contribution in [-0.4, -0.2) is 19.7 Å². The van der Waals surface area contributed by atoms with Gasteiger partial charge in [0.2, 0.25) is 0 Å². The summed E-state index contributed by atoms with van der Waals surface area (Å²) in [7, 11) is 0. The molecule has 15 heavy (non-hydrogen) atoms. The molecule has 0 aliphatic carbocycles. The Kier molecular flexibility index (Phi) is 2.37. The van der Waals surface area contributed by atoms with Gasteiger partial charge in [-0.1, -0.05) is 0 Å². The highest BCUT2D eigenvalue weighted by atomic mass is 15.3. The molecule has 0 amide bonds. The van der Waals surface area contributed by atoms with E-state index in [9.17, 15) is 0 Å². The number of nitrogens with two attached hydrogens (primary N) is 1. The summed E-state index contributed by atoms with van der Waals surface area (Å²) in [6, 6.07) is 0.00685. The molecular formula is C10H13N5. The lowest BCUT2D eigenvalue weighted by molar-refractivity contribution is 0.557. The zero-order valence-corrected chi connectivity index (χ0v) is 8.75. The van der Waals surface area contributed by atoms with Crippen LogP contribution < -0.4 is 5.73 Å². The molecule has 1 atom stereocenters. The molecule has 0 aliphatic heterocycles. The number of anilines is 1. The second-order valence-corrected chi connectivity index (χ2v) is 3.46. The van der Waals surface area contributed by atoms with Gasteiger partial charge in [0.05, 0.1) is 24.1 Å². The molecule has 2 rings (SSSR count). The molecule has 0 radical (unpaired) electrons. The third-order valence-electron chi connectivity index (χ3n) is 2.40. The van der Waals surface area contributed by atoms with Gasteiger partial charge in [-0.05, 0) is 13.8 Å². The first-order valence-corrected chi connectivity index (χ1v) is 4.75. The highest BCUT2D eigenvalue weighted by Crippen LogP contribution is 2.19. The van der Waals surface area contributed by atoms with Crippen LogP contribution in [0.15, 0.2) is 24.8 Å². The number of hydrogen-bond donors (Lipinski definition) is 1. The lowest BCUT2D eigenvalue weighted by Crippen LogP contribution is -2.13. The summed E-state index contributed by atoms with van der Waals surface area (Å²) in [5.41, 5.74) is 7.72. The maximum absolute atomic E-state index is 5.89. The van der Waals surface area contributed by atoms with Crippen molar-refractivity contribution in [3.05, 3.63) is 36.0 Å². The molecule has 2 aromatic heterocycles. The van der Waals surface area contributed by atoms with E-state index in [1.165, 1.54) is 0 Å². The SMILES string of the molecule is Cc1cnn(C(C)c2cnccn2)c1N. The molecule has 0 spiro atoms. The average Bonchev–Trinajstić information content (AvgIpc) is 2.60. The van der Waals surface area contributed by atoms with E-state index in [0.29, 0.717) is 5.82 Å². The Balaban J connectivity index is 2.37. The molecule has 78 valence electrons. The number of nitrogen functional groups attached to an aromatic ring is 1. The van der Waals surface area contributed by atoms with E-state index in [1.54, 1.807) is 29.5 Å². The molecule has 0 aromatic carbocycles. The first-order valence-electron chi connectivity index (χ1n) is 4.75. The van der Waals surface area contributed by atoms with E-state index < -0.39 is 0 Å². The molecule has 0 aliphatic rings. The topological polar surface area (TPSA) is 69.6 Å². The van der Waals surface area contributed by atoms with Crippen LogP contribution in [0.4, 0.5) is 5.82 Å². The Labute approximate surface area is 88.0 Å². The molecule has 2 heterocycles. The third kappa shape index (κ3) is 1.68. The second-order valence-electron chi connectivity index (χ2n) is 3.46. The zero-order valence-electron chi connectivity index (χ0n) is 8.75. The lowest BCUT2D eigenvalue weighted by atomic mass is 10.2. The maximum Gasteiger partial charge on any atom is 0.125 e. The predicted octanol–water partition coefficient (Wildman–Crippen LogP) is 1.17. The minimum Gasteiger partial charge on any atom is -0.384 e. The van der Waals surface area contributed by atoms with Crippen LogP contribution in [0.25, 0.3) is 0 Å². The van der Waals surface area contributed by atoms with Crippen LogP contribution in [-0.2, 0) is 0 Å². The predicted molar refractivity (Wildman–Crippen MR) is 57.2 cm³/mol. The quantitative estimate of drug-likeness (QED) is 0.795. The molecule has 0 bridgehead atoms. The van der Waals surface area contributed by atoms with Crippen molar-refractivity contribution in [3.8, 4) is 0 Å². The van der Waals surface area contributed by atoms with Gasteiger partial charge >= 0.3 is 0 Å². The number of aromatic nitrogens is 4. The summed E-state index contributed by atoms with van der Waals surface area (Å²) >= 11 is 0. The molecular weight excluding hydrogens is 190 g/mol. The van der Waals surface area contributed by atoms with Gasteiger partial charge in [-0.3, -0.25) is 9.97 Å². The molecule has 2 N–H and O–H groups in total. The van der Waals surface area contributed by atoms with Gasteiger partial charge in [-0.25, -0.2) is 4.68 Å². The largest absolute Gasteiger partial charge is 0.384 e. The normalized spacial score (nSPS) is 12.7. The van der Waals surface area contributed by atoms with E-state index in [0.717, 1.165) is 11.3 Å². The Morgan fingerprint density at radius 1 is 1.33 bits per heavy atom. The molecule has 2 aromatic rings. The molecule has 5 heteroatoms. The maximum atomic E-state index is 5.89. The summed E-state index contributed by atoms with van der Waals surface area (Å²) in [4.78, 5) is 8.25. The van der Waals surface area contributed by atoms with Crippen LogP contribution >= 0.6 is 0 Å². The highest BCUT2D eigenvalue weighted by Gasteiger charge is 2.13. The summed E-state index contributed by atoms with van der Waals surface area (Å²) in [5.74, 6) is 0.674. The van der Waals surface area contributed by atoms with Gasteiger partial charge in [0.15, 0.2) is 0 Å². The van der Waals surface area contributed by atoms with Crippen molar-refractivity contribution in [1.29, 1.82) is 0 Å². The van der Waals surface area contributed by atoms with Gasteiger partial charge in [-0.15, -0.1) is 0 Å². The standard InChI is InChI=1S/C10H13N5/c1-7-5-14-15(10(7)11)8(2)9-6-12-3-4-13-9/h3-6,8H,11H2,1-2H3. The van der Waals surface area contributed by atoms with E-state index in [4.69, 9.17) is 5.73 Å². The number of aryl methyl sites for hydroxylation is 1. The molecule has 0 fully saturated rings. The first-order chi connectivity index (χ1) is 7.20. The Morgan fingerprint density at radius 2 is 2.13 bits per heavy atom. The van der Waals surface area contributed by atoms with Crippen molar-refractivity contribution < 1.29 is 0 Å². The number of hydrogen-bond acceptors (Lipinski definition) is 4. The van der Waals surface area contributed by atoms with Gasteiger partial charge in [0.25, 0.3) is 0 Å². The summed E-state index contributed by atoms with van der Waals surface area (Å²) in [6.07, 6.45) is 6.79. The first kappa shape index (κ1) is 9.64. The van der Waals surface area contributed by atoms with Crippen molar-refractivity contribution >= 4 is 5.82 Å². The fourth-order valence-corrected chi connectivity index (χ4v) is 1.42. The monoisotopic (exact) mass is 203 g/mol. The van der Waals surface area contributed by atoms with Gasteiger partial charge in [-0.2, -0.15) is 5.10 Å². The minimum atomic E-state index is 0.00685. The van der Waals surface area contributed by atoms with Gasteiger partial charge in [0, 0.05) is 18.0 Å². The molecule has 1 unspecified atom stereocenters. The van der Waals surface area contributed by atoms with Crippen LogP contribution in [0.3, 0.4) is 0 Å². The average molecular weight is 203 g/mol. The molecule has 5 nitrogen and oxygen atoms in total. The minimum absolute atomic E-state index is 0.00685. The Hall–Kier alpha value is -1.91. The van der Waals surface area contributed by atoms with Gasteiger partial charge < -0.3 is 5.73 Å². The van der Waals surface area contributed by atoms with Crippen LogP contribution in [0, 0.1) is 6.92 Å². The van der Waals surface area contributed by atoms with Crippen molar-refractivity contribution in [3.63, 3.8) is 0 Å². The fraction of sp³-hybridized carbons (Fsp3) is 0.300. The van der Waals surface area contributed by atoms with E-state index in [-0.39, 0.29) is 6.04 Å². The van der Waals surface area contributed by atoms with E-state index in [1.807, 2.05) is 13.8 Å². The zero-order chi connectivity index (χ0) is 10.8. The number of nitrogens with zero attached hydrogens (tertiary/aromatic N) is 4. The van der Waals surface area contributed by atoms with Crippen molar-refractivity contribution in [1.82, 2.24) is 19.7 Å². The van der Waals surface area contributed by atoms with Gasteiger partial charge in [0.1, 0.15) is 5.82 Å². The lowest BCUT2D eigenvalue weighted by Gasteiger charge is -2.12. The van der Waals surface area contributed by atoms with Crippen LogP contribution in [0.5, 0.6) is 0 Å². The van der Waals surface area contributed by atoms with Crippen molar-refractivity contribution in [2.75, 3.05) is 5.73 Å². The van der Waals surface area contributed by atoms with Crippen LogP contribution in [0.2, 0.25) is 0 Å².